The van der Waals surface area contributed by atoms with E-state index in [1.807, 2.05) is 0 Å². The van der Waals surface area contributed by atoms with Crippen LogP contribution in [-0.2, 0) is 9.53 Å². The molecule has 17 heavy (non-hydrogen) atoms. The van der Waals surface area contributed by atoms with Crippen molar-refractivity contribution in [2.75, 3.05) is 39.4 Å². The van der Waals surface area contributed by atoms with Gasteiger partial charge in [-0.15, -0.1) is 0 Å². The number of amides is 2. The number of likely N-dealkylation sites (tertiary alicyclic amines) is 1. The highest BCUT2D eigenvalue weighted by molar-refractivity contribution is 5.82. The molecule has 7 nitrogen and oxygen atoms in total. The van der Waals surface area contributed by atoms with Gasteiger partial charge in [0.05, 0.1) is 19.8 Å². The van der Waals surface area contributed by atoms with E-state index in [-0.39, 0.29) is 12.6 Å². The summed E-state index contributed by atoms with van der Waals surface area (Å²) in [5.41, 5.74) is 4.43. The second-order valence-corrected chi connectivity index (χ2v) is 4.51. The van der Waals surface area contributed by atoms with Gasteiger partial charge in [-0.25, -0.2) is 4.79 Å². The maximum Gasteiger partial charge on any atom is 0.325 e. The molecule has 96 valence electrons. The quantitative estimate of drug-likeness (QED) is 0.611. The molecule has 0 aromatic heterocycles. The third-order valence-electron chi connectivity index (χ3n) is 3.28. The number of ether oxygens (including phenoxy) is 1. The topological polar surface area (TPSA) is 96.1 Å². The van der Waals surface area contributed by atoms with Gasteiger partial charge in [-0.05, 0) is 6.42 Å². The Labute approximate surface area is 99.1 Å². The number of rotatable bonds is 1. The van der Waals surface area contributed by atoms with E-state index in [2.05, 4.69) is 0 Å². The monoisotopic (exact) mass is 243 g/mol. The number of morpholine rings is 1. The van der Waals surface area contributed by atoms with Gasteiger partial charge < -0.3 is 25.4 Å². The van der Waals surface area contributed by atoms with Crippen LogP contribution in [-0.4, -0.2) is 71.8 Å². The predicted molar refractivity (Wildman–Crippen MR) is 58.5 cm³/mol. The summed E-state index contributed by atoms with van der Waals surface area (Å²) in [5.74, 6) is -1.05. The van der Waals surface area contributed by atoms with Gasteiger partial charge in [-0.3, -0.25) is 4.79 Å². The summed E-state index contributed by atoms with van der Waals surface area (Å²) >= 11 is 0. The van der Waals surface area contributed by atoms with Crippen molar-refractivity contribution in [2.45, 2.75) is 12.0 Å². The summed E-state index contributed by atoms with van der Waals surface area (Å²) in [6.07, 6.45) is 0.304. The minimum absolute atomic E-state index is 0.0819. The number of hydrogen-bond donors (Lipinski definition) is 2. The number of carbonyl (C=O) groups excluding carboxylic acids is 1. The standard InChI is InChI=1S/C10H17N3O4/c11-10(8(14)15)1-2-13(7-10)9(16)12-3-5-17-6-4-12/h1-7,11H2,(H,14,15). The molecular formula is C10H17N3O4. The average Bonchev–Trinajstić information content (AvgIpc) is 2.74. The van der Waals surface area contributed by atoms with Crippen molar-refractivity contribution in [3.8, 4) is 0 Å². The summed E-state index contributed by atoms with van der Waals surface area (Å²) in [5, 5.41) is 8.99. The van der Waals surface area contributed by atoms with Crippen LogP contribution in [0.5, 0.6) is 0 Å². The normalized spacial score (nSPS) is 29.5. The van der Waals surface area contributed by atoms with Gasteiger partial charge >= 0.3 is 12.0 Å². The molecule has 7 heteroatoms. The largest absolute Gasteiger partial charge is 0.480 e. The van der Waals surface area contributed by atoms with Crippen LogP contribution in [0.2, 0.25) is 0 Å². The molecule has 2 amide bonds. The number of urea groups is 1. The molecular weight excluding hydrogens is 226 g/mol. The van der Waals surface area contributed by atoms with E-state index in [0.29, 0.717) is 39.3 Å². The molecule has 3 N–H and O–H groups in total. The van der Waals surface area contributed by atoms with E-state index in [1.165, 1.54) is 4.90 Å². The van der Waals surface area contributed by atoms with Crippen molar-refractivity contribution in [2.24, 2.45) is 5.73 Å². The van der Waals surface area contributed by atoms with E-state index < -0.39 is 11.5 Å². The Morgan fingerprint density at radius 2 is 1.82 bits per heavy atom. The molecule has 1 atom stereocenters. The van der Waals surface area contributed by atoms with Crippen molar-refractivity contribution in [1.82, 2.24) is 9.80 Å². The van der Waals surface area contributed by atoms with Crippen LogP contribution in [0.3, 0.4) is 0 Å². The minimum atomic E-state index is -1.29. The second kappa shape index (κ2) is 4.50. The Bertz CT molecular complexity index is 330. The number of nitrogens with two attached hydrogens (primary N) is 1. The summed E-state index contributed by atoms with van der Waals surface area (Å²) in [4.78, 5) is 26.2. The van der Waals surface area contributed by atoms with Crippen LogP contribution < -0.4 is 5.73 Å². The fourth-order valence-corrected chi connectivity index (χ4v) is 2.13. The van der Waals surface area contributed by atoms with E-state index in [0.717, 1.165) is 0 Å². The van der Waals surface area contributed by atoms with Crippen molar-refractivity contribution in [3.63, 3.8) is 0 Å². The van der Waals surface area contributed by atoms with E-state index in [1.54, 1.807) is 4.90 Å². The predicted octanol–water partition coefficient (Wildman–Crippen LogP) is -1.07. The van der Waals surface area contributed by atoms with Gasteiger partial charge in [-0.1, -0.05) is 0 Å². The lowest BCUT2D eigenvalue weighted by molar-refractivity contribution is -0.142. The number of hydrogen-bond acceptors (Lipinski definition) is 4. The van der Waals surface area contributed by atoms with E-state index in [4.69, 9.17) is 15.6 Å². The van der Waals surface area contributed by atoms with Crippen molar-refractivity contribution in [3.05, 3.63) is 0 Å². The highest BCUT2D eigenvalue weighted by Crippen LogP contribution is 2.20. The van der Waals surface area contributed by atoms with Gasteiger partial charge in [0.1, 0.15) is 5.54 Å². The molecule has 2 rings (SSSR count). The molecule has 0 saturated carbocycles. The summed E-state index contributed by atoms with van der Waals surface area (Å²) in [7, 11) is 0. The van der Waals surface area contributed by atoms with Crippen molar-refractivity contribution < 1.29 is 19.4 Å². The van der Waals surface area contributed by atoms with Crippen molar-refractivity contribution in [1.29, 1.82) is 0 Å². The van der Waals surface area contributed by atoms with Crippen LogP contribution >= 0.6 is 0 Å². The van der Waals surface area contributed by atoms with Crippen molar-refractivity contribution >= 4 is 12.0 Å². The lowest BCUT2D eigenvalue weighted by Gasteiger charge is -2.31. The first-order chi connectivity index (χ1) is 8.03. The highest BCUT2D eigenvalue weighted by atomic mass is 16.5. The first-order valence-corrected chi connectivity index (χ1v) is 5.67. The van der Waals surface area contributed by atoms with Crippen LogP contribution in [0.1, 0.15) is 6.42 Å². The molecule has 0 radical (unpaired) electrons. The van der Waals surface area contributed by atoms with E-state index >= 15 is 0 Å². The van der Waals surface area contributed by atoms with Crippen LogP contribution in [0.4, 0.5) is 4.79 Å². The van der Waals surface area contributed by atoms with Crippen LogP contribution in [0, 0.1) is 0 Å². The molecule has 0 aromatic rings. The number of aliphatic carboxylic acids is 1. The van der Waals surface area contributed by atoms with Gasteiger partial charge in [-0.2, -0.15) is 0 Å². The fourth-order valence-electron chi connectivity index (χ4n) is 2.13. The van der Waals surface area contributed by atoms with Crippen LogP contribution in [0.25, 0.3) is 0 Å². The molecule has 1 unspecified atom stereocenters. The molecule has 0 aliphatic carbocycles. The molecule has 0 bridgehead atoms. The minimum Gasteiger partial charge on any atom is -0.480 e. The number of nitrogens with zero attached hydrogens (tertiary/aromatic N) is 2. The lowest BCUT2D eigenvalue weighted by atomic mass is 10.0. The first kappa shape index (κ1) is 12.1. The zero-order valence-electron chi connectivity index (χ0n) is 9.59. The lowest BCUT2D eigenvalue weighted by Crippen LogP contribution is -2.53. The second-order valence-electron chi connectivity index (χ2n) is 4.51. The first-order valence-electron chi connectivity index (χ1n) is 5.67. The maximum atomic E-state index is 12.1. The van der Waals surface area contributed by atoms with E-state index in [9.17, 15) is 9.59 Å². The third kappa shape index (κ3) is 2.34. The maximum absolute atomic E-state index is 12.1. The molecule has 2 fully saturated rings. The Morgan fingerprint density at radius 3 is 2.35 bits per heavy atom. The number of carboxylic acid groups (broad SMARTS) is 1. The molecule has 2 heterocycles. The Kier molecular flexibility index (Phi) is 3.21. The number of carbonyl (C=O) groups is 2. The van der Waals surface area contributed by atoms with Gasteiger partial charge in [0.15, 0.2) is 0 Å². The number of carboxylic acids is 1. The Hall–Kier alpha value is -1.34. The molecule has 2 saturated heterocycles. The fraction of sp³-hybridized carbons (Fsp3) is 0.800. The summed E-state index contributed by atoms with van der Waals surface area (Å²) in [6, 6.07) is -0.137. The Morgan fingerprint density at radius 1 is 1.18 bits per heavy atom. The van der Waals surface area contributed by atoms with Gasteiger partial charge in [0, 0.05) is 19.6 Å². The third-order valence-corrected chi connectivity index (χ3v) is 3.28. The Balaban J connectivity index is 1.95. The SMILES string of the molecule is NC1(C(=O)O)CCN(C(=O)N2CCOCC2)C1. The highest BCUT2D eigenvalue weighted by Gasteiger charge is 2.43. The van der Waals surface area contributed by atoms with Crippen LogP contribution in [0.15, 0.2) is 0 Å². The van der Waals surface area contributed by atoms with Gasteiger partial charge in [0.25, 0.3) is 0 Å². The molecule has 2 aliphatic heterocycles. The summed E-state index contributed by atoms with van der Waals surface area (Å²) in [6.45, 7) is 2.66. The average molecular weight is 243 g/mol. The molecule has 0 spiro atoms. The summed E-state index contributed by atoms with van der Waals surface area (Å²) < 4.78 is 5.16. The zero-order chi connectivity index (χ0) is 12.5. The molecule has 2 aliphatic rings. The van der Waals surface area contributed by atoms with Gasteiger partial charge in [0.2, 0.25) is 0 Å². The molecule has 0 aromatic carbocycles. The zero-order valence-corrected chi connectivity index (χ0v) is 9.59. The smallest absolute Gasteiger partial charge is 0.325 e.